The molecule has 3 heteroatoms. The van der Waals surface area contributed by atoms with E-state index in [2.05, 4.69) is 0 Å². The highest BCUT2D eigenvalue weighted by atomic mass is 16.1. The van der Waals surface area contributed by atoms with Gasteiger partial charge >= 0.3 is 0 Å². The lowest BCUT2D eigenvalue weighted by atomic mass is 9.81. The number of fused-ring (bicyclic) bond motifs is 2. The molecular weight excluding hydrogens is 274 g/mol. The summed E-state index contributed by atoms with van der Waals surface area (Å²) >= 11 is 0. The van der Waals surface area contributed by atoms with E-state index in [1.165, 1.54) is 0 Å². The van der Waals surface area contributed by atoms with Gasteiger partial charge < -0.3 is 5.73 Å². The minimum Gasteiger partial charge on any atom is -0.398 e. The Morgan fingerprint density at radius 3 is 1.68 bits per heavy atom. The Hall–Kier alpha value is -2.42. The summed E-state index contributed by atoms with van der Waals surface area (Å²) in [6.45, 7) is 9.82. The van der Waals surface area contributed by atoms with E-state index in [1.807, 2.05) is 34.6 Å². The number of aryl methyl sites for hydroxylation is 1. The maximum Gasteiger partial charge on any atom is 0.196 e. The zero-order chi connectivity index (χ0) is 16.9. The molecule has 2 N–H and O–H groups in total. The fourth-order valence-corrected chi connectivity index (χ4v) is 2.41. The number of rotatable bonds is 0. The van der Waals surface area contributed by atoms with Gasteiger partial charge in [0.25, 0.3) is 0 Å². The molecule has 22 heavy (non-hydrogen) atoms. The smallest absolute Gasteiger partial charge is 0.196 e. The minimum absolute atomic E-state index is 0.120. The summed E-state index contributed by atoms with van der Waals surface area (Å²) in [5.41, 5.74) is 8.68. The third kappa shape index (κ3) is 2.80. The van der Waals surface area contributed by atoms with Gasteiger partial charge in [0.2, 0.25) is 0 Å². The first-order valence-electron chi connectivity index (χ1n) is 7.68. The minimum atomic E-state index is -0.165. The third-order valence-electron chi connectivity index (χ3n) is 3.32. The molecule has 2 aromatic rings. The van der Waals surface area contributed by atoms with Crippen molar-refractivity contribution in [2.45, 2.75) is 34.6 Å². The predicted molar refractivity (Wildman–Crippen MR) is 91.6 cm³/mol. The number of benzene rings is 2. The van der Waals surface area contributed by atoms with Crippen LogP contribution in [0.5, 0.6) is 0 Å². The van der Waals surface area contributed by atoms with Crippen LogP contribution < -0.4 is 5.73 Å². The van der Waals surface area contributed by atoms with E-state index in [4.69, 9.17) is 5.73 Å². The van der Waals surface area contributed by atoms with Gasteiger partial charge in [0.1, 0.15) is 0 Å². The first kappa shape index (κ1) is 17.6. The van der Waals surface area contributed by atoms with E-state index in [9.17, 15) is 9.59 Å². The lowest BCUT2D eigenvalue weighted by Gasteiger charge is -2.20. The van der Waals surface area contributed by atoms with Crippen LogP contribution >= 0.6 is 0 Å². The van der Waals surface area contributed by atoms with Crippen molar-refractivity contribution in [3.63, 3.8) is 0 Å². The molecule has 116 valence electrons. The highest BCUT2D eigenvalue weighted by Gasteiger charge is 2.31. The summed E-state index contributed by atoms with van der Waals surface area (Å²) in [5.74, 6) is -0.286. The quantitative estimate of drug-likeness (QED) is 0.625. The number of nitrogen functional groups attached to an aromatic ring is 1. The van der Waals surface area contributed by atoms with Crippen molar-refractivity contribution in [3.8, 4) is 0 Å². The Morgan fingerprint density at radius 1 is 0.727 bits per heavy atom. The van der Waals surface area contributed by atoms with Crippen LogP contribution in [-0.2, 0) is 0 Å². The van der Waals surface area contributed by atoms with Crippen molar-refractivity contribution in [3.05, 3.63) is 64.2 Å². The lowest BCUT2D eigenvalue weighted by Crippen LogP contribution is -2.23. The van der Waals surface area contributed by atoms with Gasteiger partial charge in [-0.1, -0.05) is 58.0 Å². The first-order chi connectivity index (χ1) is 10.6. The van der Waals surface area contributed by atoms with Gasteiger partial charge in [-0.05, 0) is 18.6 Å². The van der Waals surface area contributed by atoms with E-state index < -0.39 is 0 Å². The molecule has 0 bridgehead atoms. The van der Waals surface area contributed by atoms with Crippen LogP contribution in [0.15, 0.2) is 36.4 Å². The molecule has 0 saturated carbocycles. The van der Waals surface area contributed by atoms with Gasteiger partial charge in [-0.15, -0.1) is 0 Å². The molecule has 0 unspecified atom stereocenters. The van der Waals surface area contributed by atoms with Crippen LogP contribution in [0.1, 0.15) is 65.1 Å². The molecule has 2 aromatic carbocycles. The number of carbonyl (C=O) groups is 2. The van der Waals surface area contributed by atoms with Crippen molar-refractivity contribution in [1.82, 2.24) is 0 Å². The summed E-state index contributed by atoms with van der Waals surface area (Å²) in [4.78, 5) is 24.8. The number of carbonyl (C=O) groups excluding carboxylic acids is 2. The molecular formula is C19H23NO2. The van der Waals surface area contributed by atoms with Gasteiger partial charge in [0.15, 0.2) is 11.6 Å². The summed E-state index contributed by atoms with van der Waals surface area (Å²) in [5, 5.41) is 0. The molecule has 0 aromatic heterocycles. The Kier molecular flexibility index (Phi) is 6.05. The van der Waals surface area contributed by atoms with Crippen molar-refractivity contribution in [2.75, 3.05) is 5.73 Å². The third-order valence-corrected chi connectivity index (χ3v) is 3.32. The molecule has 1 aliphatic carbocycles. The van der Waals surface area contributed by atoms with Crippen LogP contribution in [0, 0.1) is 6.92 Å². The van der Waals surface area contributed by atoms with Crippen molar-refractivity contribution in [1.29, 1.82) is 0 Å². The highest BCUT2D eigenvalue weighted by molar-refractivity contribution is 6.30. The Morgan fingerprint density at radius 2 is 1.18 bits per heavy atom. The first-order valence-corrected chi connectivity index (χ1v) is 7.68. The fourth-order valence-electron chi connectivity index (χ4n) is 2.41. The molecule has 0 saturated heterocycles. The Labute approximate surface area is 132 Å². The summed E-state index contributed by atoms with van der Waals surface area (Å²) in [6.07, 6.45) is 0. The molecule has 1 aliphatic rings. The Balaban J connectivity index is 0.000000561. The molecule has 3 nitrogen and oxygen atoms in total. The second-order valence-electron chi connectivity index (χ2n) is 4.43. The molecule has 3 rings (SSSR count). The molecule has 0 amide bonds. The van der Waals surface area contributed by atoms with E-state index in [1.54, 1.807) is 36.4 Å². The van der Waals surface area contributed by atoms with Crippen molar-refractivity contribution >= 4 is 17.3 Å². The maximum absolute atomic E-state index is 12.4. The summed E-state index contributed by atoms with van der Waals surface area (Å²) in [6, 6.07) is 10.3. The second-order valence-corrected chi connectivity index (χ2v) is 4.43. The van der Waals surface area contributed by atoms with Crippen LogP contribution in [0.4, 0.5) is 5.69 Å². The zero-order valence-electron chi connectivity index (χ0n) is 13.9. The van der Waals surface area contributed by atoms with E-state index in [0.717, 1.165) is 5.56 Å². The Bertz CT molecular complexity index is 643. The standard InChI is InChI=1S/C15H11NO2.2C2H6/c1-8-6-7-11(16)13-12(8)14(17)9-4-2-3-5-10(9)15(13)18;2*1-2/h2-7H,16H2,1H3;2*1-2H3. The van der Waals surface area contributed by atoms with Crippen molar-refractivity contribution < 1.29 is 9.59 Å². The van der Waals surface area contributed by atoms with E-state index in [-0.39, 0.29) is 11.6 Å². The number of hydrogen-bond donors (Lipinski definition) is 1. The lowest BCUT2D eigenvalue weighted by molar-refractivity contribution is 0.0979. The van der Waals surface area contributed by atoms with Crippen LogP contribution in [0.2, 0.25) is 0 Å². The fraction of sp³-hybridized carbons (Fsp3) is 0.263. The van der Waals surface area contributed by atoms with Crippen LogP contribution in [0.25, 0.3) is 0 Å². The monoisotopic (exact) mass is 297 g/mol. The number of nitrogens with two attached hydrogens (primary N) is 1. The van der Waals surface area contributed by atoms with Crippen molar-refractivity contribution in [2.24, 2.45) is 0 Å². The van der Waals surface area contributed by atoms with Gasteiger partial charge in [-0.25, -0.2) is 0 Å². The molecule has 0 heterocycles. The van der Waals surface area contributed by atoms with Crippen LogP contribution in [-0.4, -0.2) is 11.6 Å². The molecule has 0 radical (unpaired) electrons. The summed E-state index contributed by atoms with van der Waals surface area (Å²) in [7, 11) is 0. The van der Waals surface area contributed by atoms with Gasteiger partial charge in [-0.2, -0.15) is 0 Å². The molecule has 0 fully saturated rings. The normalized spacial score (nSPS) is 11.3. The summed E-state index contributed by atoms with van der Waals surface area (Å²) < 4.78 is 0. The average Bonchev–Trinajstić information content (AvgIpc) is 2.58. The molecule has 0 atom stereocenters. The second kappa shape index (κ2) is 7.55. The largest absolute Gasteiger partial charge is 0.398 e. The van der Waals surface area contributed by atoms with E-state index in [0.29, 0.717) is 27.9 Å². The van der Waals surface area contributed by atoms with Gasteiger partial charge in [-0.3, -0.25) is 9.59 Å². The van der Waals surface area contributed by atoms with E-state index >= 15 is 0 Å². The van der Waals surface area contributed by atoms with Gasteiger partial charge in [0.05, 0.1) is 5.56 Å². The predicted octanol–water partition coefficient (Wildman–Crippen LogP) is 4.41. The molecule has 0 aliphatic heterocycles. The number of anilines is 1. The number of hydrogen-bond acceptors (Lipinski definition) is 3. The SMILES string of the molecule is CC.CC.Cc1ccc(N)c2c1C(=O)c1ccccc1C2=O. The topological polar surface area (TPSA) is 60.2 Å². The maximum atomic E-state index is 12.4. The molecule has 0 spiro atoms. The van der Waals surface area contributed by atoms with Gasteiger partial charge in [0, 0.05) is 22.4 Å². The average molecular weight is 297 g/mol. The van der Waals surface area contributed by atoms with Crippen LogP contribution in [0.3, 0.4) is 0 Å². The zero-order valence-corrected chi connectivity index (χ0v) is 13.9. The highest BCUT2D eigenvalue weighted by Crippen LogP contribution is 2.32. The number of ketones is 2.